The summed E-state index contributed by atoms with van der Waals surface area (Å²) in [4.78, 5) is 11.0. The Morgan fingerprint density at radius 1 is 0.931 bits per heavy atom. The molecular weight excluding hydrogens is 380 g/mol. The maximum absolute atomic E-state index is 6.36. The lowest BCUT2D eigenvalue weighted by atomic mass is 10.0. The van der Waals surface area contributed by atoms with Gasteiger partial charge in [0.15, 0.2) is 0 Å². The lowest BCUT2D eigenvalue weighted by Gasteiger charge is -2.35. The van der Waals surface area contributed by atoms with Crippen LogP contribution in [0.25, 0.3) is 27.6 Å². The molecule has 29 heavy (non-hydrogen) atoms. The highest BCUT2D eigenvalue weighted by Gasteiger charge is 2.26. The highest BCUT2D eigenvalue weighted by Crippen LogP contribution is 2.40. The molecule has 0 spiro atoms. The van der Waals surface area contributed by atoms with Crippen LogP contribution in [0.3, 0.4) is 0 Å². The van der Waals surface area contributed by atoms with Gasteiger partial charge in [0, 0.05) is 39.3 Å². The number of halogens is 1. The number of nitrogens with zero attached hydrogens (tertiary/aromatic N) is 3. The molecule has 140 valence electrons. The Morgan fingerprint density at radius 2 is 1.72 bits per heavy atom. The number of rotatable bonds is 2. The molecule has 1 N–H and O–H groups in total. The number of pyridine rings is 2. The minimum atomic E-state index is 0.686. The maximum Gasteiger partial charge on any atom is 0.110 e. The molecule has 5 heteroatoms. The summed E-state index contributed by atoms with van der Waals surface area (Å²) < 4.78 is 0. The highest BCUT2D eigenvalue weighted by atomic mass is 35.5. The molecule has 4 aromatic rings. The third-order valence-corrected chi connectivity index (χ3v) is 5.38. The Labute approximate surface area is 173 Å². The normalized spacial score (nSPS) is 13.3. The molecule has 0 amide bonds. The Balaban J connectivity index is 1.60. The van der Waals surface area contributed by atoms with Crippen molar-refractivity contribution in [1.82, 2.24) is 9.97 Å². The van der Waals surface area contributed by atoms with E-state index in [-0.39, 0.29) is 0 Å². The van der Waals surface area contributed by atoms with Crippen molar-refractivity contribution in [3.8, 4) is 11.1 Å². The van der Waals surface area contributed by atoms with Crippen molar-refractivity contribution in [3.63, 3.8) is 0 Å². The van der Waals surface area contributed by atoms with Crippen LogP contribution < -0.4 is 10.2 Å². The van der Waals surface area contributed by atoms with Gasteiger partial charge in [0.05, 0.1) is 23.3 Å². The smallest absolute Gasteiger partial charge is 0.110 e. The van der Waals surface area contributed by atoms with E-state index in [1.54, 1.807) is 0 Å². The van der Waals surface area contributed by atoms with Crippen molar-refractivity contribution in [2.24, 2.45) is 0 Å². The van der Waals surface area contributed by atoms with E-state index in [0.717, 1.165) is 44.7 Å². The van der Waals surface area contributed by atoms with Crippen molar-refractivity contribution in [3.05, 3.63) is 103 Å². The van der Waals surface area contributed by atoms with E-state index in [2.05, 4.69) is 34.5 Å². The molecule has 0 unspecified atom stereocenters. The van der Waals surface area contributed by atoms with Gasteiger partial charge >= 0.3 is 0 Å². The first kappa shape index (κ1) is 17.5. The SMILES string of the molecule is C=C1Nc2cc(-c3ccccc3Cl)cnc2C(=C)N1c1cncc2ccccc12. The summed E-state index contributed by atoms with van der Waals surface area (Å²) in [6, 6.07) is 17.9. The highest BCUT2D eigenvalue weighted by molar-refractivity contribution is 6.33. The third kappa shape index (κ3) is 2.85. The van der Waals surface area contributed by atoms with E-state index in [0.29, 0.717) is 10.8 Å². The number of benzene rings is 2. The molecule has 0 atom stereocenters. The van der Waals surface area contributed by atoms with Crippen molar-refractivity contribution in [1.29, 1.82) is 0 Å². The monoisotopic (exact) mass is 396 g/mol. The van der Waals surface area contributed by atoms with Crippen LogP contribution in [0.15, 0.2) is 92.2 Å². The summed E-state index contributed by atoms with van der Waals surface area (Å²) in [6.07, 6.45) is 5.49. The minimum Gasteiger partial charge on any atom is -0.340 e. The van der Waals surface area contributed by atoms with E-state index in [4.69, 9.17) is 11.6 Å². The third-order valence-electron chi connectivity index (χ3n) is 5.05. The largest absolute Gasteiger partial charge is 0.340 e. The van der Waals surface area contributed by atoms with Crippen LogP contribution >= 0.6 is 11.6 Å². The van der Waals surface area contributed by atoms with Gasteiger partial charge in [-0.15, -0.1) is 0 Å². The first-order valence-corrected chi connectivity index (χ1v) is 9.54. The fourth-order valence-electron chi connectivity index (χ4n) is 3.68. The van der Waals surface area contributed by atoms with Gasteiger partial charge in [0.1, 0.15) is 11.5 Å². The molecule has 0 bridgehead atoms. The number of aromatic nitrogens is 2. The molecular formula is C24H17ClN4. The second-order valence-electron chi connectivity index (χ2n) is 6.83. The zero-order valence-electron chi connectivity index (χ0n) is 15.6. The van der Waals surface area contributed by atoms with E-state index in [9.17, 15) is 0 Å². The average Bonchev–Trinajstić information content (AvgIpc) is 2.74. The van der Waals surface area contributed by atoms with Crippen molar-refractivity contribution < 1.29 is 0 Å². The van der Waals surface area contributed by atoms with Gasteiger partial charge < -0.3 is 5.32 Å². The van der Waals surface area contributed by atoms with Crippen molar-refractivity contribution >= 4 is 39.4 Å². The zero-order valence-corrected chi connectivity index (χ0v) is 16.3. The van der Waals surface area contributed by atoms with Crippen LogP contribution in [-0.2, 0) is 0 Å². The van der Waals surface area contributed by atoms with Crippen molar-refractivity contribution in [2.75, 3.05) is 10.2 Å². The number of nitrogens with one attached hydrogen (secondary N) is 1. The van der Waals surface area contributed by atoms with Crippen LogP contribution in [0.2, 0.25) is 5.02 Å². The maximum atomic E-state index is 6.36. The second kappa shape index (κ2) is 6.76. The summed E-state index contributed by atoms with van der Waals surface area (Å²) in [6.45, 7) is 8.52. The fraction of sp³-hybridized carbons (Fsp3) is 0. The summed E-state index contributed by atoms with van der Waals surface area (Å²) in [5, 5.41) is 6.18. The van der Waals surface area contributed by atoms with Gasteiger partial charge in [-0.1, -0.05) is 67.2 Å². The van der Waals surface area contributed by atoms with Gasteiger partial charge in [-0.2, -0.15) is 0 Å². The molecule has 2 aromatic carbocycles. The molecule has 0 saturated carbocycles. The molecule has 1 aliphatic rings. The lowest BCUT2D eigenvalue weighted by molar-refractivity contribution is 1.10. The van der Waals surface area contributed by atoms with Crippen LogP contribution in [0, 0.1) is 0 Å². The van der Waals surface area contributed by atoms with Gasteiger partial charge in [-0.3, -0.25) is 14.9 Å². The minimum absolute atomic E-state index is 0.686. The molecule has 2 aromatic heterocycles. The second-order valence-corrected chi connectivity index (χ2v) is 7.24. The van der Waals surface area contributed by atoms with E-state index in [1.165, 1.54) is 0 Å². The lowest BCUT2D eigenvalue weighted by Crippen LogP contribution is -2.30. The number of fused-ring (bicyclic) bond motifs is 2. The Kier molecular flexibility index (Phi) is 4.07. The Hall–Kier alpha value is -3.63. The standard InChI is InChI=1S/C24H17ClN4/c1-15-24-22(11-18(13-27-24)19-8-5-6-10-21(19)25)28-16(2)29(15)23-14-26-12-17-7-3-4-9-20(17)23/h3-14,28H,1-2H2. The average molecular weight is 397 g/mol. The van der Waals surface area contributed by atoms with Crippen LogP contribution in [0.4, 0.5) is 11.4 Å². The van der Waals surface area contributed by atoms with Gasteiger partial charge in [0.25, 0.3) is 0 Å². The van der Waals surface area contributed by atoms with Crippen LogP contribution in [-0.4, -0.2) is 9.97 Å². The molecule has 0 saturated heterocycles. The predicted molar refractivity (Wildman–Crippen MR) is 121 cm³/mol. The molecule has 0 aliphatic carbocycles. The molecule has 0 radical (unpaired) electrons. The topological polar surface area (TPSA) is 41.1 Å². The quantitative estimate of drug-likeness (QED) is 0.430. The van der Waals surface area contributed by atoms with E-state index >= 15 is 0 Å². The summed E-state index contributed by atoms with van der Waals surface area (Å²) >= 11 is 6.36. The molecule has 1 aliphatic heterocycles. The van der Waals surface area contributed by atoms with Crippen molar-refractivity contribution in [2.45, 2.75) is 0 Å². The molecule has 0 fully saturated rings. The van der Waals surface area contributed by atoms with Gasteiger partial charge in [-0.25, -0.2) is 0 Å². The summed E-state index contributed by atoms with van der Waals surface area (Å²) in [7, 11) is 0. The van der Waals surface area contributed by atoms with Crippen LogP contribution in [0.5, 0.6) is 0 Å². The molecule has 5 rings (SSSR count). The Bertz CT molecular complexity index is 1290. The van der Waals surface area contributed by atoms with E-state index in [1.807, 2.05) is 72.0 Å². The van der Waals surface area contributed by atoms with Crippen LogP contribution in [0.1, 0.15) is 5.69 Å². The fourth-order valence-corrected chi connectivity index (χ4v) is 3.93. The molecule has 4 nitrogen and oxygen atoms in total. The molecule has 3 heterocycles. The summed E-state index contributed by atoms with van der Waals surface area (Å²) in [5.41, 5.74) is 5.13. The number of anilines is 2. The zero-order chi connectivity index (χ0) is 20.0. The summed E-state index contributed by atoms with van der Waals surface area (Å²) in [5.74, 6) is 0.693. The predicted octanol–water partition coefficient (Wildman–Crippen LogP) is 6.32. The Morgan fingerprint density at radius 3 is 2.59 bits per heavy atom. The first-order valence-electron chi connectivity index (χ1n) is 9.16. The number of hydrogen-bond donors (Lipinski definition) is 1. The number of hydrogen-bond acceptors (Lipinski definition) is 4. The van der Waals surface area contributed by atoms with Gasteiger partial charge in [-0.05, 0) is 12.1 Å². The van der Waals surface area contributed by atoms with Gasteiger partial charge in [0.2, 0.25) is 0 Å². The van der Waals surface area contributed by atoms with E-state index < -0.39 is 0 Å². The first-order chi connectivity index (χ1) is 14.1.